The van der Waals surface area contributed by atoms with Gasteiger partial charge < -0.3 is 5.32 Å². The van der Waals surface area contributed by atoms with Crippen molar-refractivity contribution in [2.45, 2.75) is 32.7 Å². The topological polar surface area (TPSA) is 24.9 Å². The second kappa shape index (κ2) is 6.23. The third kappa shape index (κ3) is 3.92. The molecule has 1 aromatic heterocycles. The van der Waals surface area contributed by atoms with Crippen LogP contribution in [0.5, 0.6) is 0 Å². The van der Waals surface area contributed by atoms with Crippen molar-refractivity contribution < 1.29 is 0 Å². The highest BCUT2D eigenvalue weighted by atomic mass is 79.9. The predicted octanol–water partition coefficient (Wildman–Crippen LogP) is 3.02. The molecule has 0 aliphatic rings. The second-order valence-corrected chi connectivity index (χ2v) is 4.91. The van der Waals surface area contributed by atoms with E-state index in [9.17, 15) is 0 Å². The van der Waals surface area contributed by atoms with Gasteiger partial charge in [-0.25, -0.2) is 0 Å². The molecule has 0 fully saturated rings. The van der Waals surface area contributed by atoms with E-state index >= 15 is 0 Å². The van der Waals surface area contributed by atoms with Crippen molar-refractivity contribution >= 4 is 15.9 Å². The van der Waals surface area contributed by atoms with Crippen molar-refractivity contribution in [3.63, 3.8) is 0 Å². The zero-order valence-corrected chi connectivity index (χ0v) is 11.2. The molecular weight excluding hydrogens is 252 g/mol. The van der Waals surface area contributed by atoms with Gasteiger partial charge in [-0.2, -0.15) is 0 Å². The fourth-order valence-corrected chi connectivity index (χ4v) is 2.38. The van der Waals surface area contributed by atoms with E-state index in [1.54, 1.807) is 0 Å². The summed E-state index contributed by atoms with van der Waals surface area (Å²) in [6.45, 7) is 4.50. The lowest BCUT2D eigenvalue weighted by atomic mass is 9.93. The second-order valence-electron chi connectivity index (χ2n) is 4.00. The van der Waals surface area contributed by atoms with E-state index in [0.29, 0.717) is 12.0 Å². The highest BCUT2D eigenvalue weighted by Gasteiger charge is 2.13. The molecule has 1 heterocycles. The van der Waals surface area contributed by atoms with E-state index in [1.807, 2.05) is 19.4 Å². The number of rotatable bonds is 5. The van der Waals surface area contributed by atoms with Crippen molar-refractivity contribution in [2.75, 3.05) is 7.05 Å². The lowest BCUT2D eigenvalue weighted by molar-refractivity contribution is 0.386. The molecule has 1 aromatic rings. The molecule has 2 unspecified atom stereocenters. The van der Waals surface area contributed by atoms with Gasteiger partial charge in [0.2, 0.25) is 0 Å². The van der Waals surface area contributed by atoms with Gasteiger partial charge in [-0.3, -0.25) is 4.98 Å². The fraction of sp³-hybridized carbons (Fsp3) is 0.583. The summed E-state index contributed by atoms with van der Waals surface area (Å²) in [6, 6.07) is 2.73. The minimum atomic E-state index is 0.587. The lowest BCUT2D eigenvalue weighted by Crippen LogP contribution is -2.32. The van der Waals surface area contributed by atoms with Crippen LogP contribution in [0.1, 0.15) is 25.8 Å². The van der Waals surface area contributed by atoms with Crippen LogP contribution in [0.3, 0.4) is 0 Å². The van der Waals surface area contributed by atoms with Crippen LogP contribution in [0, 0.1) is 5.92 Å². The Morgan fingerprint density at radius 1 is 1.47 bits per heavy atom. The Labute approximate surface area is 101 Å². The highest BCUT2D eigenvalue weighted by Crippen LogP contribution is 2.16. The summed E-state index contributed by atoms with van der Waals surface area (Å²) in [5, 5.41) is 3.35. The standard InChI is InChI=1S/C12H19BrN2/c1-4-12(14-3)9(2)5-10-6-11(13)8-15-7-10/h6-9,12,14H,4-5H2,1-3H3. The minimum Gasteiger partial charge on any atom is -0.317 e. The summed E-state index contributed by atoms with van der Waals surface area (Å²) in [4.78, 5) is 4.18. The Morgan fingerprint density at radius 3 is 2.73 bits per heavy atom. The molecule has 2 atom stereocenters. The molecule has 0 bridgehead atoms. The van der Waals surface area contributed by atoms with E-state index in [-0.39, 0.29) is 0 Å². The zero-order chi connectivity index (χ0) is 11.3. The summed E-state index contributed by atoms with van der Waals surface area (Å²) in [5.41, 5.74) is 1.30. The number of nitrogens with one attached hydrogen (secondary N) is 1. The predicted molar refractivity (Wildman–Crippen MR) is 67.9 cm³/mol. The van der Waals surface area contributed by atoms with Gasteiger partial charge in [0.05, 0.1) is 0 Å². The van der Waals surface area contributed by atoms with Gasteiger partial charge in [0.1, 0.15) is 0 Å². The number of halogens is 1. The molecule has 0 saturated heterocycles. The number of hydrogen-bond acceptors (Lipinski definition) is 2. The average molecular weight is 271 g/mol. The van der Waals surface area contributed by atoms with Crippen LogP contribution in [0.15, 0.2) is 22.9 Å². The fourth-order valence-electron chi connectivity index (χ4n) is 1.97. The molecule has 2 nitrogen and oxygen atoms in total. The highest BCUT2D eigenvalue weighted by molar-refractivity contribution is 9.10. The van der Waals surface area contributed by atoms with Crippen LogP contribution in [0.4, 0.5) is 0 Å². The van der Waals surface area contributed by atoms with Gasteiger partial charge in [-0.1, -0.05) is 13.8 Å². The van der Waals surface area contributed by atoms with Gasteiger partial charge in [-0.05, 0) is 53.4 Å². The largest absolute Gasteiger partial charge is 0.317 e. The van der Waals surface area contributed by atoms with Crippen LogP contribution in [0.2, 0.25) is 0 Å². The molecule has 0 aliphatic carbocycles. The molecular formula is C12H19BrN2. The molecule has 0 saturated carbocycles. The third-order valence-corrected chi connectivity index (χ3v) is 3.25. The molecule has 3 heteroatoms. The van der Waals surface area contributed by atoms with E-state index in [2.05, 4.69) is 46.1 Å². The summed E-state index contributed by atoms with van der Waals surface area (Å²) < 4.78 is 1.06. The van der Waals surface area contributed by atoms with Crippen molar-refractivity contribution in [1.29, 1.82) is 0 Å². The van der Waals surface area contributed by atoms with Crippen LogP contribution >= 0.6 is 15.9 Å². The Kier molecular flexibility index (Phi) is 5.26. The van der Waals surface area contributed by atoms with E-state index in [4.69, 9.17) is 0 Å². The monoisotopic (exact) mass is 270 g/mol. The molecule has 0 aromatic carbocycles. The molecule has 0 amide bonds. The lowest BCUT2D eigenvalue weighted by Gasteiger charge is -2.22. The Bertz CT molecular complexity index is 297. The summed E-state index contributed by atoms with van der Waals surface area (Å²) in [7, 11) is 2.03. The first-order valence-electron chi connectivity index (χ1n) is 5.44. The van der Waals surface area contributed by atoms with E-state index in [1.165, 1.54) is 12.0 Å². The Hall–Kier alpha value is -0.410. The maximum absolute atomic E-state index is 4.18. The van der Waals surface area contributed by atoms with Crippen molar-refractivity contribution in [2.24, 2.45) is 5.92 Å². The van der Waals surface area contributed by atoms with Gasteiger partial charge in [0, 0.05) is 22.9 Å². The maximum atomic E-state index is 4.18. The molecule has 15 heavy (non-hydrogen) atoms. The van der Waals surface area contributed by atoms with Gasteiger partial charge in [0.15, 0.2) is 0 Å². The molecule has 0 radical (unpaired) electrons. The summed E-state index contributed by atoms with van der Waals surface area (Å²) >= 11 is 3.45. The normalized spacial score (nSPS) is 14.9. The molecule has 0 aliphatic heterocycles. The summed E-state index contributed by atoms with van der Waals surface area (Å²) in [6.07, 6.45) is 6.01. The van der Waals surface area contributed by atoms with E-state index < -0.39 is 0 Å². The van der Waals surface area contributed by atoms with Crippen LogP contribution in [0.25, 0.3) is 0 Å². The SMILES string of the molecule is CCC(NC)C(C)Cc1cncc(Br)c1. The zero-order valence-electron chi connectivity index (χ0n) is 9.63. The first kappa shape index (κ1) is 12.7. The maximum Gasteiger partial charge on any atom is 0.0410 e. The molecule has 1 N–H and O–H groups in total. The third-order valence-electron chi connectivity index (χ3n) is 2.82. The van der Waals surface area contributed by atoms with E-state index in [0.717, 1.165) is 10.9 Å². The van der Waals surface area contributed by atoms with Crippen molar-refractivity contribution in [3.05, 3.63) is 28.5 Å². The van der Waals surface area contributed by atoms with Gasteiger partial charge in [-0.15, -0.1) is 0 Å². The van der Waals surface area contributed by atoms with Crippen molar-refractivity contribution in [3.8, 4) is 0 Å². The number of hydrogen-bond donors (Lipinski definition) is 1. The van der Waals surface area contributed by atoms with Gasteiger partial charge >= 0.3 is 0 Å². The molecule has 84 valence electrons. The number of nitrogens with zero attached hydrogens (tertiary/aromatic N) is 1. The quantitative estimate of drug-likeness (QED) is 0.890. The smallest absolute Gasteiger partial charge is 0.0410 e. The van der Waals surface area contributed by atoms with Crippen LogP contribution < -0.4 is 5.32 Å². The number of aromatic nitrogens is 1. The summed E-state index contributed by atoms with van der Waals surface area (Å²) in [5.74, 6) is 0.635. The van der Waals surface area contributed by atoms with Gasteiger partial charge in [0.25, 0.3) is 0 Å². The number of pyridine rings is 1. The average Bonchev–Trinajstić information content (AvgIpc) is 2.19. The first-order chi connectivity index (χ1) is 7.17. The van der Waals surface area contributed by atoms with Crippen LogP contribution in [-0.4, -0.2) is 18.1 Å². The first-order valence-corrected chi connectivity index (χ1v) is 6.23. The van der Waals surface area contributed by atoms with Crippen molar-refractivity contribution in [1.82, 2.24) is 10.3 Å². The Morgan fingerprint density at radius 2 is 2.20 bits per heavy atom. The minimum absolute atomic E-state index is 0.587. The molecule has 0 spiro atoms. The van der Waals surface area contributed by atoms with Crippen LogP contribution in [-0.2, 0) is 6.42 Å². The Balaban J connectivity index is 2.61. The molecule has 1 rings (SSSR count).